The summed E-state index contributed by atoms with van der Waals surface area (Å²) in [7, 11) is 0. The molecule has 3 heterocycles. The van der Waals surface area contributed by atoms with Crippen LogP contribution in [0.1, 0.15) is 0 Å². The summed E-state index contributed by atoms with van der Waals surface area (Å²) in [6.45, 7) is 0.963. The lowest BCUT2D eigenvalue weighted by atomic mass is 10.7. The Labute approximate surface area is 128 Å². The van der Waals surface area contributed by atoms with Crippen molar-refractivity contribution >= 4 is 46.2 Å². The molecule has 0 fully saturated rings. The first-order valence-electron chi connectivity index (χ1n) is 5.76. The first-order valence-corrected chi connectivity index (χ1v) is 9.28. The fraction of sp³-hybridized carbons (Fsp3) is 0.154. The molecule has 0 bridgehead atoms. The van der Waals surface area contributed by atoms with Crippen LogP contribution in [-0.4, -0.2) is 14.1 Å². The van der Waals surface area contributed by atoms with E-state index in [-0.39, 0.29) is 0 Å². The molecular formula is C13H12N2S4. The highest BCUT2D eigenvalue weighted by Gasteiger charge is 2.14. The van der Waals surface area contributed by atoms with E-state index in [1.807, 2.05) is 42.2 Å². The van der Waals surface area contributed by atoms with Gasteiger partial charge >= 0.3 is 0 Å². The molecule has 0 saturated heterocycles. The Morgan fingerprint density at radius 3 is 2.26 bits per heavy atom. The lowest BCUT2D eigenvalue weighted by Crippen LogP contribution is -2.07. The molecule has 0 amide bonds. The topological polar surface area (TPSA) is 17.8 Å². The lowest BCUT2D eigenvalue weighted by molar-refractivity contribution is 0.751. The minimum Gasteiger partial charge on any atom is -0.336 e. The maximum Gasteiger partial charge on any atom is 0.0946 e. The quantitative estimate of drug-likeness (QED) is 0.473. The molecule has 0 radical (unpaired) electrons. The molecule has 0 aliphatic rings. The summed E-state index contributed by atoms with van der Waals surface area (Å²) in [6.07, 6.45) is 5.75. The average Bonchev–Trinajstić information content (AvgIpc) is 3.10. The van der Waals surface area contributed by atoms with Gasteiger partial charge < -0.3 is 4.57 Å². The third-order valence-corrected chi connectivity index (χ3v) is 7.02. The molecule has 3 aromatic heterocycles. The molecule has 0 aliphatic heterocycles. The Morgan fingerprint density at radius 1 is 1.11 bits per heavy atom. The number of thioether (sulfide) groups is 2. The number of hydrogen-bond acceptors (Lipinski definition) is 5. The van der Waals surface area contributed by atoms with Crippen molar-refractivity contribution in [2.75, 3.05) is 0 Å². The molecule has 0 atom stereocenters. The highest BCUT2D eigenvalue weighted by molar-refractivity contribution is 8.18. The van der Waals surface area contributed by atoms with E-state index in [0.717, 1.165) is 6.54 Å². The molecule has 0 spiro atoms. The zero-order chi connectivity index (χ0) is 12.9. The average molecular weight is 325 g/mol. The summed E-state index contributed by atoms with van der Waals surface area (Å²) in [4.78, 5) is 4.12. The van der Waals surface area contributed by atoms with Gasteiger partial charge in [-0.15, -0.1) is 22.7 Å². The Morgan fingerprint density at radius 2 is 1.79 bits per heavy atom. The van der Waals surface area contributed by atoms with E-state index in [4.69, 9.17) is 0 Å². The largest absolute Gasteiger partial charge is 0.336 e. The second-order valence-corrected chi connectivity index (χ2v) is 8.99. The van der Waals surface area contributed by atoms with Crippen molar-refractivity contribution in [1.82, 2.24) is 9.55 Å². The molecule has 0 aromatic carbocycles. The van der Waals surface area contributed by atoms with Crippen molar-refractivity contribution in [2.24, 2.45) is 0 Å². The molecule has 0 saturated carbocycles. The van der Waals surface area contributed by atoms with Crippen molar-refractivity contribution in [3.63, 3.8) is 0 Å². The summed E-state index contributed by atoms with van der Waals surface area (Å²) in [5.74, 6) is 0. The molecule has 0 N–H and O–H groups in total. The lowest BCUT2D eigenvalue weighted by Gasteiger charge is -2.14. The standard InChI is InChI=1S/C13H12N2S4/c1-3-11(16-7-1)18-13(9-15-6-5-14-10-15)19-12-4-2-8-17-12/h1-8,10,13H,9H2. The first-order chi connectivity index (χ1) is 9.40. The zero-order valence-electron chi connectivity index (χ0n) is 10.0. The monoisotopic (exact) mass is 324 g/mol. The number of imidazole rings is 1. The molecule has 6 heteroatoms. The van der Waals surface area contributed by atoms with Gasteiger partial charge in [-0.25, -0.2) is 4.98 Å². The third kappa shape index (κ3) is 3.89. The van der Waals surface area contributed by atoms with Crippen LogP contribution in [0.4, 0.5) is 0 Å². The van der Waals surface area contributed by atoms with Gasteiger partial charge in [0, 0.05) is 18.9 Å². The van der Waals surface area contributed by atoms with Crippen LogP contribution in [0.15, 0.2) is 62.2 Å². The van der Waals surface area contributed by atoms with Gasteiger partial charge in [0.15, 0.2) is 0 Å². The smallest absolute Gasteiger partial charge is 0.0946 e. The van der Waals surface area contributed by atoms with E-state index in [1.54, 1.807) is 22.7 Å². The van der Waals surface area contributed by atoms with Crippen LogP contribution in [0.3, 0.4) is 0 Å². The Balaban J connectivity index is 1.70. The number of nitrogens with zero attached hydrogens (tertiary/aromatic N) is 2. The predicted molar refractivity (Wildman–Crippen MR) is 86.4 cm³/mol. The van der Waals surface area contributed by atoms with Gasteiger partial charge in [0.2, 0.25) is 0 Å². The minimum absolute atomic E-state index is 0.464. The number of hydrogen-bond donors (Lipinski definition) is 0. The second-order valence-electron chi connectivity index (χ2n) is 3.79. The second kappa shape index (κ2) is 6.65. The Hall–Kier alpha value is -0.690. The number of rotatable bonds is 6. The van der Waals surface area contributed by atoms with Gasteiger partial charge in [-0.3, -0.25) is 0 Å². The normalized spacial score (nSPS) is 11.2. The highest BCUT2D eigenvalue weighted by atomic mass is 32.2. The third-order valence-electron chi connectivity index (χ3n) is 2.40. The summed E-state index contributed by atoms with van der Waals surface area (Å²) in [5.41, 5.74) is 0. The van der Waals surface area contributed by atoms with E-state index in [0.29, 0.717) is 4.58 Å². The van der Waals surface area contributed by atoms with Crippen molar-refractivity contribution < 1.29 is 0 Å². The van der Waals surface area contributed by atoms with Gasteiger partial charge in [0.25, 0.3) is 0 Å². The van der Waals surface area contributed by atoms with E-state index in [1.165, 1.54) is 8.42 Å². The van der Waals surface area contributed by atoms with Crippen LogP contribution in [0.5, 0.6) is 0 Å². The Bertz CT molecular complexity index is 486. The van der Waals surface area contributed by atoms with Crippen molar-refractivity contribution in [3.05, 3.63) is 53.7 Å². The first kappa shape index (κ1) is 13.3. The van der Waals surface area contributed by atoms with E-state index >= 15 is 0 Å². The molecule has 3 aromatic rings. The van der Waals surface area contributed by atoms with Gasteiger partial charge in [-0.05, 0) is 22.9 Å². The fourth-order valence-electron chi connectivity index (χ4n) is 1.59. The van der Waals surface area contributed by atoms with Gasteiger partial charge in [0.05, 0.1) is 19.3 Å². The summed E-state index contributed by atoms with van der Waals surface area (Å²) in [5, 5.41) is 4.26. The molecule has 19 heavy (non-hydrogen) atoms. The molecule has 0 unspecified atom stereocenters. The molecule has 0 aliphatic carbocycles. The van der Waals surface area contributed by atoms with Crippen LogP contribution >= 0.6 is 46.2 Å². The van der Waals surface area contributed by atoms with Crippen molar-refractivity contribution in [1.29, 1.82) is 0 Å². The van der Waals surface area contributed by atoms with E-state index in [2.05, 4.69) is 44.6 Å². The Kier molecular flexibility index (Phi) is 4.66. The zero-order valence-corrected chi connectivity index (χ0v) is 13.3. The van der Waals surface area contributed by atoms with Crippen molar-refractivity contribution in [3.8, 4) is 0 Å². The number of thiophene rings is 2. The SMILES string of the molecule is c1csc(SC(Cn2ccnc2)Sc2cccs2)c1. The predicted octanol–water partition coefficient (Wildman–Crippen LogP) is 4.92. The maximum atomic E-state index is 4.12. The fourth-order valence-corrected chi connectivity index (χ4v) is 6.46. The molecule has 3 rings (SSSR count). The summed E-state index contributed by atoms with van der Waals surface area (Å²) >= 11 is 7.47. The molecule has 98 valence electrons. The number of aromatic nitrogens is 2. The molecule has 2 nitrogen and oxygen atoms in total. The highest BCUT2D eigenvalue weighted by Crippen LogP contribution is 2.39. The van der Waals surface area contributed by atoms with E-state index in [9.17, 15) is 0 Å². The summed E-state index contributed by atoms with van der Waals surface area (Å²) in [6, 6.07) is 8.59. The van der Waals surface area contributed by atoms with Crippen LogP contribution in [0.25, 0.3) is 0 Å². The van der Waals surface area contributed by atoms with Crippen LogP contribution in [0, 0.1) is 0 Å². The van der Waals surface area contributed by atoms with Gasteiger partial charge in [-0.2, -0.15) is 0 Å². The van der Waals surface area contributed by atoms with Crippen LogP contribution in [-0.2, 0) is 6.54 Å². The van der Waals surface area contributed by atoms with Crippen LogP contribution in [0.2, 0.25) is 0 Å². The van der Waals surface area contributed by atoms with Gasteiger partial charge in [0.1, 0.15) is 0 Å². The van der Waals surface area contributed by atoms with Crippen molar-refractivity contribution in [2.45, 2.75) is 19.5 Å². The minimum atomic E-state index is 0.464. The maximum absolute atomic E-state index is 4.12. The summed E-state index contributed by atoms with van der Waals surface area (Å²) < 4.78 is 5.35. The van der Waals surface area contributed by atoms with E-state index < -0.39 is 0 Å². The molecular weight excluding hydrogens is 312 g/mol. The van der Waals surface area contributed by atoms with Gasteiger partial charge in [-0.1, -0.05) is 35.7 Å². The van der Waals surface area contributed by atoms with Crippen LogP contribution < -0.4 is 0 Å².